The summed E-state index contributed by atoms with van der Waals surface area (Å²) in [4.78, 5) is 0. The summed E-state index contributed by atoms with van der Waals surface area (Å²) in [5, 5.41) is 10.7. The van der Waals surface area contributed by atoms with E-state index in [0.29, 0.717) is 18.4 Å². The van der Waals surface area contributed by atoms with Gasteiger partial charge in [0, 0.05) is 6.54 Å². The lowest BCUT2D eigenvalue weighted by Gasteiger charge is -2.51. The molecule has 0 aliphatic heterocycles. The van der Waals surface area contributed by atoms with Crippen LogP contribution in [0.2, 0.25) is 0 Å². The normalized spacial score (nSPS) is 80.1. The first-order chi connectivity index (χ1) is 6.77. The Morgan fingerprint density at radius 3 is 2.50 bits per heavy atom. The van der Waals surface area contributed by atoms with Crippen LogP contribution in [0.15, 0.2) is 0 Å². The predicted molar refractivity (Wildman–Crippen MR) is 51.2 cm³/mol. The average Bonchev–Trinajstić information content (AvgIpc) is 2.63. The second-order valence-electron chi connectivity index (χ2n) is 6.53. The van der Waals surface area contributed by atoms with Crippen molar-refractivity contribution in [3.8, 4) is 0 Å². The minimum absolute atomic E-state index is 0.426. The summed E-state index contributed by atoms with van der Waals surface area (Å²) in [5.41, 5.74) is 5.43. The van der Waals surface area contributed by atoms with E-state index in [-0.39, 0.29) is 0 Å². The van der Waals surface area contributed by atoms with Crippen LogP contribution in [-0.4, -0.2) is 17.3 Å². The number of nitrogens with two attached hydrogens (primary N) is 1. The van der Waals surface area contributed by atoms with Gasteiger partial charge in [-0.25, -0.2) is 0 Å². The summed E-state index contributed by atoms with van der Waals surface area (Å²) < 4.78 is 0. The minimum Gasteiger partial charge on any atom is -0.388 e. The van der Waals surface area contributed by atoms with Crippen LogP contribution in [0.5, 0.6) is 0 Å². The van der Waals surface area contributed by atoms with Crippen molar-refractivity contribution in [1.29, 1.82) is 0 Å². The summed E-state index contributed by atoms with van der Waals surface area (Å²) >= 11 is 0. The lowest BCUT2D eigenvalue weighted by molar-refractivity contribution is -0.123. The Hall–Kier alpha value is -0.0800. The molecule has 5 rings (SSSR count). The van der Waals surface area contributed by atoms with E-state index in [0.717, 1.165) is 35.5 Å². The SMILES string of the molecule is NC[C@@]1(O)[C@H]2[C@@H]3C[C@@H]4[C@H]5[C@H]3C[C@H]2[C@H]5[C@@H]41. The number of aliphatic hydroxyl groups is 1. The molecule has 3 N–H and O–H groups in total. The minimum atomic E-state index is -0.426. The van der Waals surface area contributed by atoms with Crippen LogP contribution in [0.1, 0.15) is 12.8 Å². The van der Waals surface area contributed by atoms with Gasteiger partial charge in [-0.1, -0.05) is 0 Å². The van der Waals surface area contributed by atoms with Crippen LogP contribution in [0.3, 0.4) is 0 Å². The molecule has 2 bridgehead atoms. The van der Waals surface area contributed by atoms with Gasteiger partial charge in [0.1, 0.15) is 0 Å². The zero-order valence-corrected chi connectivity index (χ0v) is 8.26. The molecule has 0 saturated heterocycles. The summed E-state index contributed by atoms with van der Waals surface area (Å²) in [6.45, 7) is 0.530. The Morgan fingerprint density at radius 2 is 1.71 bits per heavy atom. The maximum absolute atomic E-state index is 10.7. The first-order valence-electron chi connectivity index (χ1n) is 6.20. The van der Waals surface area contributed by atoms with E-state index in [2.05, 4.69) is 0 Å². The van der Waals surface area contributed by atoms with Crippen LogP contribution < -0.4 is 5.73 Å². The van der Waals surface area contributed by atoms with Crippen LogP contribution in [0, 0.1) is 47.3 Å². The van der Waals surface area contributed by atoms with Gasteiger partial charge in [0.05, 0.1) is 5.60 Å². The van der Waals surface area contributed by atoms with Crippen molar-refractivity contribution in [2.75, 3.05) is 6.54 Å². The van der Waals surface area contributed by atoms with Crippen LogP contribution in [-0.2, 0) is 0 Å². The molecule has 5 aliphatic rings. The third-order valence-corrected chi connectivity index (χ3v) is 6.85. The molecule has 0 radical (unpaired) electrons. The summed E-state index contributed by atoms with van der Waals surface area (Å²) in [6.07, 6.45) is 2.89. The Kier molecular flexibility index (Phi) is 0.875. The van der Waals surface area contributed by atoms with Crippen LogP contribution >= 0.6 is 0 Å². The second kappa shape index (κ2) is 1.69. The third kappa shape index (κ3) is 0.409. The summed E-state index contributed by atoms with van der Waals surface area (Å²) in [6, 6.07) is 0. The Balaban J connectivity index is 1.79. The fraction of sp³-hybridized carbons (Fsp3) is 1.00. The van der Waals surface area contributed by atoms with E-state index in [1.807, 2.05) is 0 Å². The van der Waals surface area contributed by atoms with E-state index < -0.39 is 5.60 Å². The van der Waals surface area contributed by atoms with Gasteiger partial charge >= 0.3 is 0 Å². The fourth-order valence-electron chi connectivity index (χ4n) is 7.00. The Bertz CT molecular complexity index is 337. The quantitative estimate of drug-likeness (QED) is 0.632. The van der Waals surface area contributed by atoms with Crippen molar-refractivity contribution in [3.05, 3.63) is 0 Å². The van der Waals surface area contributed by atoms with Gasteiger partial charge in [-0.3, -0.25) is 0 Å². The number of fused-ring (bicyclic) bond motifs is 2. The Morgan fingerprint density at radius 1 is 1.00 bits per heavy atom. The van der Waals surface area contributed by atoms with E-state index in [4.69, 9.17) is 5.73 Å². The highest BCUT2D eigenvalue weighted by Crippen LogP contribution is 2.85. The van der Waals surface area contributed by atoms with E-state index in [9.17, 15) is 5.11 Å². The molecular weight excluding hydrogens is 174 g/mol. The maximum atomic E-state index is 10.7. The van der Waals surface area contributed by atoms with Crippen molar-refractivity contribution in [2.24, 2.45) is 53.1 Å². The monoisotopic (exact) mass is 191 g/mol. The highest BCUT2D eigenvalue weighted by atomic mass is 16.3. The van der Waals surface area contributed by atoms with Gasteiger partial charge in [0.2, 0.25) is 0 Å². The zero-order chi connectivity index (χ0) is 9.24. The average molecular weight is 191 g/mol. The third-order valence-electron chi connectivity index (χ3n) is 6.85. The molecule has 14 heavy (non-hydrogen) atoms. The fourth-order valence-corrected chi connectivity index (χ4v) is 7.00. The number of rotatable bonds is 1. The van der Waals surface area contributed by atoms with Gasteiger partial charge in [-0.15, -0.1) is 0 Å². The van der Waals surface area contributed by atoms with Crippen molar-refractivity contribution >= 4 is 0 Å². The standard InChI is InChI=1S/C12H17NO/c13-3-12(14)10-5-2-6-8-4(5)1-7(10)9(8)11(6)12/h4-11,14H,1-3,13H2/t4-,5+,6+,7-,8+,9+,10-,11+,12+/m0/s1. The van der Waals surface area contributed by atoms with Crippen molar-refractivity contribution in [2.45, 2.75) is 18.4 Å². The van der Waals surface area contributed by atoms with Crippen LogP contribution in [0.25, 0.3) is 0 Å². The van der Waals surface area contributed by atoms with Gasteiger partial charge < -0.3 is 10.8 Å². The zero-order valence-electron chi connectivity index (χ0n) is 8.26. The molecule has 0 aromatic rings. The summed E-state index contributed by atoms with van der Waals surface area (Å²) in [7, 11) is 0. The van der Waals surface area contributed by atoms with Gasteiger partial charge in [-0.2, -0.15) is 0 Å². The van der Waals surface area contributed by atoms with Crippen LogP contribution in [0.4, 0.5) is 0 Å². The smallest absolute Gasteiger partial charge is 0.0836 e. The van der Waals surface area contributed by atoms with Gasteiger partial charge in [0.15, 0.2) is 0 Å². The molecule has 0 amide bonds. The molecule has 0 unspecified atom stereocenters. The van der Waals surface area contributed by atoms with Gasteiger partial charge in [-0.05, 0) is 60.2 Å². The predicted octanol–water partition coefficient (Wildman–Crippen LogP) is 0.454. The molecule has 0 aromatic heterocycles. The highest BCUT2D eigenvalue weighted by Gasteiger charge is 2.84. The largest absolute Gasteiger partial charge is 0.388 e. The van der Waals surface area contributed by atoms with Crippen molar-refractivity contribution in [3.63, 3.8) is 0 Å². The number of hydrogen-bond donors (Lipinski definition) is 2. The van der Waals surface area contributed by atoms with E-state index in [1.54, 1.807) is 0 Å². The molecule has 5 saturated carbocycles. The molecule has 0 heterocycles. The number of hydrogen-bond acceptors (Lipinski definition) is 2. The van der Waals surface area contributed by atoms with Gasteiger partial charge in [0.25, 0.3) is 0 Å². The highest BCUT2D eigenvalue weighted by molar-refractivity contribution is 5.32. The molecule has 5 fully saturated rings. The second-order valence-corrected chi connectivity index (χ2v) is 6.53. The molecule has 5 aliphatic carbocycles. The van der Waals surface area contributed by atoms with E-state index >= 15 is 0 Å². The maximum Gasteiger partial charge on any atom is 0.0836 e. The Labute approximate surface area is 83.9 Å². The van der Waals surface area contributed by atoms with Crippen molar-refractivity contribution < 1.29 is 5.11 Å². The molecule has 2 nitrogen and oxygen atoms in total. The first-order valence-corrected chi connectivity index (χ1v) is 6.20. The molecule has 2 heteroatoms. The first kappa shape index (κ1) is 7.24. The topological polar surface area (TPSA) is 46.2 Å². The molecule has 0 aromatic carbocycles. The van der Waals surface area contributed by atoms with Crippen molar-refractivity contribution in [1.82, 2.24) is 0 Å². The summed E-state index contributed by atoms with van der Waals surface area (Å²) in [5.74, 6) is 6.82. The molecular formula is C12H17NO. The molecule has 76 valence electrons. The molecule has 0 spiro atoms. The lowest BCUT2D eigenvalue weighted by atomic mass is 9.56. The lowest BCUT2D eigenvalue weighted by Crippen LogP contribution is -2.57. The van der Waals surface area contributed by atoms with E-state index in [1.165, 1.54) is 12.8 Å². The molecule has 9 atom stereocenters.